The molecule has 1 heterocycles. The molecule has 8 heteroatoms. The van der Waals surface area contributed by atoms with Crippen LogP contribution in [0, 0.1) is 5.41 Å². The predicted molar refractivity (Wildman–Crippen MR) is 140 cm³/mol. The smallest absolute Gasteiger partial charge is 0.182 e. The Morgan fingerprint density at radius 1 is 1.18 bits per heavy atom. The van der Waals surface area contributed by atoms with Crippen molar-refractivity contribution in [3.05, 3.63) is 52.6 Å². The van der Waals surface area contributed by atoms with E-state index < -0.39 is 0 Å². The minimum absolute atomic E-state index is 0. The summed E-state index contributed by atoms with van der Waals surface area (Å²) in [5.41, 5.74) is 8.09. The van der Waals surface area contributed by atoms with Gasteiger partial charge < -0.3 is 25.2 Å². The van der Waals surface area contributed by atoms with Gasteiger partial charge in [-0.2, -0.15) is 0 Å². The summed E-state index contributed by atoms with van der Waals surface area (Å²) in [6.07, 6.45) is 1.60. The van der Waals surface area contributed by atoms with E-state index in [1.165, 1.54) is 0 Å². The number of ketones is 1. The molecule has 0 amide bonds. The fraction of sp³-hybridized carbons (Fsp3) is 0.462. The summed E-state index contributed by atoms with van der Waals surface area (Å²) in [6, 6.07) is 9.01. The number of nitrogens with two attached hydrogens (primary N) is 1. The van der Waals surface area contributed by atoms with Crippen molar-refractivity contribution in [2.75, 3.05) is 26.3 Å². The third kappa shape index (κ3) is 6.30. The van der Waals surface area contributed by atoms with Gasteiger partial charge in [-0.05, 0) is 67.6 Å². The molecule has 186 valence electrons. The molecule has 0 atom stereocenters. The van der Waals surface area contributed by atoms with Gasteiger partial charge in [0.2, 0.25) is 0 Å². The Hall–Kier alpha value is -2.58. The second-order valence-corrected chi connectivity index (χ2v) is 9.34. The van der Waals surface area contributed by atoms with Gasteiger partial charge in [0.15, 0.2) is 17.3 Å². The average molecular weight is 534 g/mol. The number of rotatable bonds is 10. The van der Waals surface area contributed by atoms with Crippen molar-refractivity contribution in [2.45, 2.75) is 52.5 Å². The fourth-order valence-electron chi connectivity index (χ4n) is 3.92. The van der Waals surface area contributed by atoms with Crippen molar-refractivity contribution in [1.82, 2.24) is 4.90 Å². The zero-order chi connectivity index (χ0) is 24.2. The number of unbranched alkanes of at least 4 members (excludes halogenated alkanes) is 1. The number of hydrogen-bond donors (Lipinski definition) is 3. The molecule has 2 aromatic carbocycles. The first-order chi connectivity index (χ1) is 15.7. The molecule has 2 aromatic rings. The molecule has 7 nitrogen and oxygen atoms in total. The number of carbonyl (C=O) groups is 1. The van der Waals surface area contributed by atoms with Crippen LogP contribution in [-0.4, -0.2) is 47.9 Å². The third-order valence-electron chi connectivity index (χ3n) is 5.72. The lowest BCUT2D eigenvalue weighted by atomic mass is 9.84. The van der Waals surface area contributed by atoms with Crippen molar-refractivity contribution < 1.29 is 19.4 Å². The monoisotopic (exact) mass is 533 g/mol. The summed E-state index contributed by atoms with van der Waals surface area (Å²) in [4.78, 5) is 15.0. The molecular formula is C26H36BrN3O4. The molecule has 0 saturated heterocycles. The van der Waals surface area contributed by atoms with Crippen LogP contribution in [0.3, 0.4) is 0 Å². The zero-order valence-electron chi connectivity index (χ0n) is 20.4. The summed E-state index contributed by atoms with van der Waals surface area (Å²) in [6.45, 7) is 10.0. The number of nitrogens with zero attached hydrogens (tertiary/aromatic N) is 1. The Morgan fingerprint density at radius 3 is 2.56 bits per heavy atom. The van der Waals surface area contributed by atoms with Crippen molar-refractivity contribution in [3.63, 3.8) is 0 Å². The Morgan fingerprint density at radius 2 is 1.91 bits per heavy atom. The second-order valence-electron chi connectivity index (χ2n) is 9.34. The SMILES string of the molecule is Br.CCOc1ccc2c(c1)CN(CC(=O)c1cc(OCCCCN)c(O)c(C(C)(C)C)c1)C2=N. The molecule has 0 aromatic heterocycles. The van der Waals surface area contributed by atoms with Gasteiger partial charge in [-0.25, -0.2) is 0 Å². The number of fused-ring (bicyclic) bond motifs is 1. The molecule has 0 saturated carbocycles. The fourth-order valence-corrected chi connectivity index (χ4v) is 3.92. The highest BCUT2D eigenvalue weighted by atomic mass is 79.9. The first-order valence-electron chi connectivity index (χ1n) is 11.5. The number of ether oxygens (including phenoxy) is 2. The Labute approximate surface area is 212 Å². The summed E-state index contributed by atoms with van der Waals surface area (Å²) in [5, 5.41) is 19.3. The maximum absolute atomic E-state index is 13.3. The van der Waals surface area contributed by atoms with Crippen molar-refractivity contribution in [1.29, 1.82) is 5.41 Å². The van der Waals surface area contributed by atoms with E-state index >= 15 is 0 Å². The third-order valence-corrected chi connectivity index (χ3v) is 5.72. The van der Waals surface area contributed by atoms with Gasteiger partial charge in [0.05, 0.1) is 19.8 Å². The quantitative estimate of drug-likeness (QED) is 0.298. The Bertz CT molecular complexity index is 1030. The molecule has 0 spiro atoms. The van der Waals surface area contributed by atoms with Crippen LogP contribution < -0.4 is 15.2 Å². The number of amidine groups is 1. The Kier molecular flexibility index (Phi) is 9.53. The lowest BCUT2D eigenvalue weighted by Crippen LogP contribution is -2.30. The highest BCUT2D eigenvalue weighted by Crippen LogP contribution is 2.39. The van der Waals surface area contributed by atoms with Gasteiger partial charge in [-0.1, -0.05) is 20.8 Å². The minimum atomic E-state index is -0.373. The summed E-state index contributed by atoms with van der Waals surface area (Å²) in [7, 11) is 0. The van der Waals surface area contributed by atoms with Crippen LogP contribution in [0.5, 0.6) is 17.2 Å². The lowest BCUT2D eigenvalue weighted by molar-refractivity contribution is 0.0962. The number of halogens is 1. The molecule has 3 rings (SSSR count). The first-order valence-corrected chi connectivity index (χ1v) is 11.5. The number of nitrogens with one attached hydrogen (secondary N) is 1. The number of phenolic OH excluding ortho intramolecular Hbond substituents is 1. The molecule has 0 aliphatic carbocycles. The van der Waals surface area contributed by atoms with Crippen LogP contribution in [0.2, 0.25) is 0 Å². The van der Waals surface area contributed by atoms with Gasteiger partial charge >= 0.3 is 0 Å². The molecule has 4 N–H and O–H groups in total. The molecule has 1 aliphatic heterocycles. The highest BCUT2D eigenvalue weighted by molar-refractivity contribution is 8.93. The maximum atomic E-state index is 13.3. The van der Waals surface area contributed by atoms with E-state index in [0.717, 1.165) is 29.7 Å². The molecule has 0 unspecified atom stereocenters. The summed E-state index contributed by atoms with van der Waals surface area (Å²) < 4.78 is 11.4. The van der Waals surface area contributed by atoms with E-state index in [-0.39, 0.29) is 40.5 Å². The average Bonchev–Trinajstić information content (AvgIpc) is 3.06. The van der Waals surface area contributed by atoms with E-state index in [1.54, 1.807) is 17.0 Å². The number of Topliss-reactive ketones (excluding diaryl/α,β-unsaturated/α-hetero) is 1. The first kappa shape index (κ1) is 27.7. The van der Waals surface area contributed by atoms with Gasteiger partial charge in [0, 0.05) is 23.2 Å². The maximum Gasteiger partial charge on any atom is 0.182 e. The lowest BCUT2D eigenvalue weighted by Gasteiger charge is -2.24. The molecule has 0 bridgehead atoms. The van der Waals surface area contributed by atoms with E-state index in [4.69, 9.17) is 20.6 Å². The van der Waals surface area contributed by atoms with E-state index in [0.29, 0.717) is 49.0 Å². The van der Waals surface area contributed by atoms with Gasteiger partial charge in [-0.3, -0.25) is 10.2 Å². The molecule has 0 fully saturated rings. The number of aromatic hydroxyl groups is 1. The van der Waals surface area contributed by atoms with Gasteiger partial charge in [0.25, 0.3) is 0 Å². The van der Waals surface area contributed by atoms with Crippen LogP contribution in [-0.2, 0) is 12.0 Å². The standard InChI is InChI=1S/C26H35N3O4.BrH/c1-5-32-19-8-9-20-18(12-19)15-29(25(20)28)16-22(30)17-13-21(26(2,3)4)24(31)23(14-17)33-11-7-6-10-27;/h8-9,12-14,28,31H,5-7,10-11,15-16,27H2,1-4H3;1H. The van der Waals surface area contributed by atoms with Crippen LogP contribution in [0.4, 0.5) is 0 Å². The number of phenols is 1. The minimum Gasteiger partial charge on any atom is -0.504 e. The van der Waals surface area contributed by atoms with Crippen molar-refractivity contribution in [2.24, 2.45) is 5.73 Å². The Balaban J connectivity index is 0.00000408. The largest absolute Gasteiger partial charge is 0.504 e. The van der Waals surface area contributed by atoms with Crippen LogP contribution >= 0.6 is 17.0 Å². The molecule has 34 heavy (non-hydrogen) atoms. The van der Waals surface area contributed by atoms with Crippen molar-refractivity contribution >= 4 is 28.6 Å². The predicted octanol–water partition coefficient (Wildman–Crippen LogP) is 4.81. The number of hydrogen-bond acceptors (Lipinski definition) is 6. The number of benzene rings is 2. The highest BCUT2D eigenvalue weighted by Gasteiger charge is 2.28. The van der Waals surface area contributed by atoms with Gasteiger partial charge in [-0.15, -0.1) is 17.0 Å². The van der Waals surface area contributed by atoms with Crippen LogP contribution in [0.15, 0.2) is 30.3 Å². The van der Waals surface area contributed by atoms with Crippen molar-refractivity contribution in [3.8, 4) is 17.2 Å². The molecule has 1 aliphatic rings. The topological polar surface area (TPSA) is 109 Å². The van der Waals surface area contributed by atoms with Gasteiger partial charge in [0.1, 0.15) is 11.6 Å². The van der Waals surface area contributed by atoms with E-state index in [9.17, 15) is 9.90 Å². The van der Waals surface area contributed by atoms with Crippen LogP contribution in [0.1, 0.15) is 67.6 Å². The molecular weight excluding hydrogens is 498 g/mol. The summed E-state index contributed by atoms with van der Waals surface area (Å²) in [5.74, 6) is 1.34. The number of carbonyl (C=O) groups excluding carboxylic acids is 1. The van der Waals surface area contributed by atoms with E-state index in [2.05, 4.69) is 0 Å². The molecule has 0 radical (unpaired) electrons. The zero-order valence-corrected chi connectivity index (χ0v) is 22.2. The van der Waals surface area contributed by atoms with Crippen LogP contribution in [0.25, 0.3) is 0 Å². The normalized spacial score (nSPS) is 12.9. The summed E-state index contributed by atoms with van der Waals surface area (Å²) >= 11 is 0. The second kappa shape index (κ2) is 11.7. The van der Waals surface area contributed by atoms with E-state index in [1.807, 2.05) is 45.9 Å².